The van der Waals surface area contributed by atoms with Crippen LogP contribution in [0.1, 0.15) is 32.8 Å². The molecule has 0 unspecified atom stereocenters. The summed E-state index contributed by atoms with van der Waals surface area (Å²) in [4.78, 5) is 11.5. The number of esters is 1. The van der Waals surface area contributed by atoms with E-state index in [1.807, 2.05) is 26.0 Å². The number of rotatable bonds is 6. The van der Waals surface area contributed by atoms with E-state index in [4.69, 9.17) is 4.74 Å². The molecule has 0 aliphatic carbocycles. The van der Waals surface area contributed by atoms with Crippen LogP contribution in [-0.2, 0) is 16.0 Å². The third kappa shape index (κ3) is 4.78. The second-order valence-corrected chi connectivity index (χ2v) is 4.87. The van der Waals surface area contributed by atoms with Crippen molar-refractivity contribution in [3.05, 3.63) is 29.8 Å². The van der Waals surface area contributed by atoms with Crippen molar-refractivity contribution in [1.82, 2.24) is 0 Å². The van der Waals surface area contributed by atoms with Crippen LogP contribution in [0.15, 0.2) is 24.3 Å². The van der Waals surface area contributed by atoms with Crippen LogP contribution in [0.4, 0.5) is 0 Å². The van der Waals surface area contributed by atoms with Crippen LogP contribution < -0.4 is 0 Å². The largest absolute Gasteiger partial charge is 0.508 e. The van der Waals surface area contributed by atoms with E-state index in [0.717, 1.165) is 18.4 Å². The molecule has 0 aromatic heterocycles. The van der Waals surface area contributed by atoms with Crippen molar-refractivity contribution >= 4 is 5.97 Å². The molecule has 0 aliphatic heterocycles. The molecule has 0 aliphatic rings. The standard InChI is InChI=1S/C15H22O3/c1-4-18-15(17)12(3)8-11(2)9-13-6-5-7-14(16)10-13/h5-7,10-12,16H,4,8-9H2,1-3H3/t11-,12+/m1/s1. The van der Waals surface area contributed by atoms with Gasteiger partial charge in [0.1, 0.15) is 5.75 Å². The van der Waals surface area contributed by atoms with Crippen LogP contribution in [0.5, 0.6) is 5.75 Å². The minimum atomic E-state index is -0.125. The van der Waals surface area contributed by atoms with Gasteiger partial charge in [-0.2, -0.15) is 0 Å². The summed E-state index contributed by atoms with van der Waals surface area (Å²) in [6.45, 7) is 6.27. The predicted molar refractivity (Wildman–Crippen MR) is 71.4 cm³/mol. The molecule has 0 spiro atoms. The van der Waals surface area contributed by atoms with Gasteiger partial charge in [0.05, 0.1) is 12.5 Å². The van der Waals surface area contributed by atoms with Crippen LogP contribution >= 0.6 is 0 Å². The zero-order valence-electron chi connectivity index (χ0n) is 11.3. The maximum absolute atomic E-state index is 11.5. The van der Waals surface area contributed by atoms with Gasteiger partial charge in [0.15, 0.2) is 0 Å². The Morgan fingerprint density at radius 1 is 1.39 bits per heavy atom. The third-order valence-corrected chi connectivity index (χ3v) is 2.94. The van der Waals surface area contributed by atoms with Crippen molar-refractivity contribution in [3.8, 4) is 5.75 Å². The topological polar surface area (TPSA) is 46.5 Å². The molecule has 1 rings (SSSR count). The molecule has 3 heteroatoms. The number of hydrogen-bond donors (Lipinski definition) is 1. The predicted octanol–water partition coefficient (Wildman–Crippen LogP) is 3.16. The molecular formula is C15H22O3. The molecule has 3 nitrogen and oxygen atoms in total. The Bertz CT molecular complexity index is 387. The summed E-state index contributed by atoms with van der Waals surface area (Å²) >= 11 is 0. The maximum Gasteiger partial charge on any atom is 0.308 e. The summed E-state index contributed by atoms with van der Waals surface area (Å²) in [6, 6.07) is 7.26. The fourth-order valence-electron chi connectivity index (χ4n) is 2.15. The van der Waals surface area contributed by atoms with Gasteiger partial charge in [-0.25, -0.2) is 0 Å². The molecule has 0 heterocycles. The first kappa shape index (κ1) is 14.6. The highest BCUT2D eigenvalue weighted by molar-refractivity contribution is 5.71. The Morgan fingerprint density at radius 2 is 2.11 bits per heavy atom. The van der Waals surface area contributed by atoms with Gasteiger partial charge in [0.25, 0.3) is 0 Å². The first-order chi connectivity index (χ1) is 8.52. The molecule has 0 bridgehead atoms. The number of carbonyl (C=O) groups is 1. The van der Waals surface area contributed by atoms with E-state index in [0.29, 0.717) is 12.5 Å². The van der Waals surface area contributed by atoms with E-state index >= 15 is 0 Å². The van der Waals surface area contributed by atoms with Gasteiger partial charge < -0.3 is 9.84 Å². The number of aromatic hydroxyl groups is 1. The number of ether oxygens (including phenoxy) is 1. The third-order valence-electron chi connectivity index (χ3n) is 2.94. The number of hydrogen-bond acceptors (Lipinski definition) is 3. The minimum Gasteiger partial charge on any atom is -0.508 e. The fraction of sp³-hybridized carbons (Fsp3) is 0.533. The molecule has 0 radical (unpaired) electrons. The maximum atomic E-state index is 11.5. The summed E-state index contributed by atoms with van der Waals surface area (Å²) in [7, 11) is 0. The van der Waals surface area contributed by atoms with Gasteiger partial charge in [0, 0.05) is 0 Å². The highest BCUT2D eigenvalue weighted by Crippen LogP contribution is 2.20. The lowest BCUT2D eigenvalue weighted by Crippen LogP contribution is -2.18. The zero-order valence-corrected chi connectivity index (χ0v) is 11.3. The molecule has 1 aromatic rings. The Labute approximate surface area is 109 Å². The van der Waals surface area contributed by atoms with E-state index in [9.17, 15) is 9.90 Å². The second-order valence-electron chi connectivity index (χ2n) is 4.87. The molecule has 1 aromatic carbocycles. The fourth-order valence-corrected chi connectivity index (χ4v) is 2.15. The molecule has 2 atom stereocenters. The number of phenolic OH excluding ortho intramolecular Hbond substituents is 1. The first-order valence-corrected chi connectivity index (χ1v) is 6.47. The molecule has 0 saturated carbocycles. The van der Waals surface area contributed by atoms with Crippen LogP contribution in [0.25, 0.3) is 0 Å². The van der Waals surface area contributed by atoms with Gasteiger partial charge >= 0.3 is 5.97 Å². The average molecular weight is 250 g/mol. The summed E-state index contributed by atoms with van der Waals surface area (Å²) in [5.74, 6) is 0.474. The highest BCUT2D eigenvalue weighted by atomic mass is 16.5. The number of carbonyl (C=O) groups excluding carboxylic acids is 1. The first-order valence-electron chi connectivity index (χ1n) is 6.47. The summed E-state index contributed by atoms with van der Waals surface area (Å²) in [6.07, 6.45) is 1.66. The van der Waals surface area contributed by atoms with Crippen molar-refractivity contribution in [2.75, 3.05) is 6.61 Å². The average Bonchev–Trinajstić information content (AvgIpc) is 2.28. The van der Waals surface area contributed by atoms with Crippen LogP contribution in [0.3, 0.4) is 0 Å². The molecule has 0 amide bonds. The molecule has 0 saturated heterocycles. The van der Waals surface area contributed by atoms with Crippen molar-refractivity contribution in [1.29, 1.82) is 0 Å². The number of phenols is 1. The molecule has 0 fully saturated rings. The van der Waals surface area contributed by atoms with Crippen molar-refractivity contribution in [2.24, 2.45) is 11.8 Å². The Morgan fingerprint density at radius 3 is 2.72 bits per heavy atom. The van der Waals surface area contributed by atoms with E-state index in [1.165, 1.54) is 0 Å². The summed E-state index contributed by atoms with van der Waals surface area (Å²) in [5, 5.41) is 9.39. The summed E-state index contributed by atoms with van der Waals surface area (Å²) < 4.78 is 4.99. The van der Waals surface area contributed by atoms with Crippen molar-refractivity contribution in [3.63, 3.8) is 0 Å². The molecule has 18 heavy (non-hydrogen) atoms. The van der Waals surface area contributed by atoms with Gasteiger partial charge in [-0.15, -0.1) is 0 Å². The minimum absolute atomic E-state index is 0.0720. The van der Waals surface area contributed by atoms with E-state index in [1.54, 1.807) is 12.1 Å². The summed E-state index contributed by atoms with van der Waals surface area (Å²) in [5.41, 5.74) is 1.10. The quantitative estimate of drug-likeness (QED) is 0.789. The highest BCUT2D eigenvalue weighted by Gasteiger charge is 2.17. The SMILES string of the molecule is CCOC(=O)[C@@H](C)C[C@@H](C)Cc1cccc(O)c1. The second kappa shape index (κ2) is 7.04. The van der Waals surface area contributed by atoms with Crippen LogP contribution in [0.2, 0.25) is 0 Å². The van der Waals surface area contributed by atoms with E-state index in [2.05, 4.69) is 6.92 Å². The van der Waals surface area contributed by atoms with Crippen LogP contribution in [-0.4, -0.2) is 17.7 Å². The lowest BCUT2D eigenvalue weighted by Gasteiger charge is -2.16. The van der Waals surface area contributed by atoms with Crippen molar-refractivity contribution < 1.29 is 14.6 Å². The lowest BCUT2D eigenvalue weighted by atomic mass is 9.92. The smallest absolute Gasteiger partial charge is 0.308 e. The normalized spacial score (nSPS) is 13.9. The van der Waals surface area contributed by atoms with Gasteiger partial charge in [-0.3, -0.25) is 4.79 Å². The van der Waals surface area contributed by atoms with Gasteiger partial charge in [-0.1, -0.05) is 26.0 Å². The van der Waals surface area contributed by atoms with Gasteiger partial charge in [0.2, 0.25) is 0 Å². The zero-order chi connectivity index (χ0) is 13.5. The Hall–Kier alpha value is -1.51. The monoisotopic (exact) mass is 250 g/mol. The van der Waals surface area contributed by atoms with Gasteiger partial charge in [-0.05, 0) is 43.4 Å². The lowest BCUT2D eigenvalue weighted by molar-refractivity contribution is -0.147. The van der Waals surface area contributed by atoms with E-state index < -0.39 is 0 Å². The Balaban J connectivity index is 2.46. The Kier molecular flexibility index (Phi) is 5.69. The molecular weight excluding hydrogens is 228 g/mol. The number of benzene rings is 1. The molecule has 100 valence electrons. The molecule has 1 N–H and O–H groups in total. The van der Waals surface area contributed by atoms with E-state index in [-0.39, 0.29) is 17.6 Å². The van der Waals surface area contributed by atoms with Crippen LogP contribution in [0, 0.1) is 11.8 Å². The van der Waals surface area contributed by atoms with Crippen molar-refractivity contribution in [2.45, 2.75) is 33.6 Å².